The molecule has 70 valence electrons. The zero-order valence-electron chi connectivity index (χ0n) is 7.81. The summed E-state index contributed by atoms with van der Waals surface area (Å²) in [4.78, 5) is 12.5. The van der Waals surface area contributed by atoms with Crippen LogP contribution in [0.3, 0.4) is 0 Å². The maximum atomic E-state index is 5.56. The lowest BCUT2D eigenvalue weighted by molar-refractivity contribution is 1.12. The van der Waals surface area contributed by atoms with Crippen molar-refractivity contribution < 1.29 is 0 Å². The van der Waals surface area contributed by atoms with Gasteiger partial charge in [-0.25, -0.2) is 15.0 Å². The Labute approximate surface area is 81.9 Å². The molecule has 14 heavy (non-hydrogen) atoms. The molecule has 0 aliphatic carbocycles. The zero-order valence-corrected chi connectivity index (χ0v) is 7.81. The molecule has 0 saturated carbocycles. The lowest BCUT2D eigenvalue weighted by Gasteiger charge is -2.00. The Morgan fingerprint density at radius 2 is 2.00 bits per heavy atom. The zero-order chi connectivity index (χ0) is 9.97. The topological polar surface area (TPSA) is 64.7 Å². The van der Waals surface area contributed by atoms with Gasteiger partial charge < -0.3 is 5.73 Å². The summed E-state index contributed by atoms with van der Waals surface area (Å²) in [5.41, 5.74) is 7.24. The van der Waals surface area contributed by atoms with Crippen LogP contribution in [0.25, 0.3) is 11.5 Å². The molecule has 2 aromatic rings. The van der Waals surface area contributed by atoms with Crippen LogP contribution in [0.15, 0.2) is 30.5 Å². The average molecular weight is 186 g/mol. The van der Waals surface area contributed by atoms with Gasteiger partial charge in [0.1, 0.15) is 11.5 Å². The monoisotopic (exact) mass is 186 g/mol. The molecule has 0 aliphatic heterocycles. The minimum Gasteiger partial charge on any atom is -0.384 e. The number of hydrogen-bond acceptors (Lipinski definition) is 4. The number of aryl methyl sites for hydroxylation is 1. The van der Waals surface area contributed by atoms with Gasteiger partial charge in [-0.3, -0.25) is 0 Å². The van der Waals surface area contributed by atoms with Crippen molar-refractivity contribution in [3.05, 3.63) is 36.2 Å². The Kier molecular flexibility index (Phi) is 2.10. The van der Waals surface area contributed by atoms with Crippen molar-refractivity contribution in [3.63, 3.8) is 0 Å². The molecule has 0 atom stereocenters. The van der Waals surface area contributed by atoms with Crippen molar-refractivity contribution >= 4 is 5.82 Å². The van der Waals surface area contributed by atoms with Crippen LogP contribution < -0.4 is 5.73 Å². The average Bonchev–Trinajstić information content (AvgIpc) is 2.18. The fourth-order valence-corrected chi connectivity index (χ4v) is 1.16. The van der Waals surface area contributed by atoms with Gasteiger partial charge in [0.25, 0.3) is 0 Å². The summed E-state index contributed by atoms with van der Waals surface area (Å²) in [6.45, 7) is 1.93. The molecule has 0 saturated heterocycles. The normalized spacial score (nSPS) is 10.1. The number of rotatable bonds is 1. The number of aromatic nitrogens is 3. The molecule has 0 amide bonds. The van der Waals surface area contributed by atoms with Crippen molar-refractivity contribution in [1.82, 2.24) is 15.0 Å². The molecule has 2 rings (SSSR count). The predicted octanol–water partition coefficient (Wildman–Crippen LogP) is 1.43. The molecule has 2 aromatic heterocycles. The van der Waals surface area contributed by atoms with E-state index in [0.717, 1.165) is 11.4 Å². The maximum Gasteiger partial charge on any atom is 0.180 e. The Hall–Kier alpha value is -1.97. The summed E-state index contributed by atoms with van der Waals surface area (Å²) in [6.07, 6.45) is 1.63. The van der Waals surface area contributed by atoms with E-state index in [0.29, 0.717) is 11.6 Å². The van der Waals surface area contributed by atoms with Gasteiger partial charge in [-0.05, 0) is 25.1 Å². The third kappa shape index (κ3) is 1.69. The van der Waals surface area contributed by atoms with E-state index in [1.807, 2.05) is 25.1 Å². The second kappa shape index (κ2) is 3.41. The highest BCUT2D eigenvalue weighted by atomic mass is 15.0. The van der Waals surface area contributed by atoms with Gasteiger partial charge in [0, 0.05) is 11.9 Å². The third-order valence-corrected chi connectivity index (χ3v) is 1.79. The van der Waals surface area contributed by atoms with Gasteiger partial charge in [-0.1, -0.05) is 6.07 Å². The summed E-state index contributed by atoms with van der Waals surface area (Å²) in [5.74, 6) is 1.02. The highest BCUT2D eigenvalue weighted by molar-refractivity contribution is 5.51. The number of nitrogen functional groups attached to an aromatic ring is 1. The summed E-state index contributed by atoms with van der Waals surface area (Å²) in [7, 11) is 0. The Morgan fingerprint density at radius 1 is 1.14 bits per heavy atom. The summed E-state index contributed by atoms with van der Waals surface area (Å²) < 4.78 is 0. The molecule has 0 aliphatic rings. The molecule has 2 N–H and O–H groups in total. The van der Waals surface area contributed by atoms with Crippen molar-refractivity contribution in [3.8, 4) is 11.5 Å². The fraction of sp³-hybridized carbons (Fsp3) is 0.100. The van der Waals surface area contributed by atoms with Gasteiger partial charge in [-0.2, -0.15) is 0 Å². The summed E-state index contributed by atoms with van der Waals surface area (Å²) >= 11 is 0. The summed E-state index contributed by atoms with van der Waals surface area (Å²) in [5, 5.41) is 0. The van der Waals surface area contributed by atoms with E-state index < -0.39 is 0 Å². The van der Waals surface area contributed by atoms with Gasteiger partial charge >= 0.3 is 0 Å². The van der Waals surface area contributed by atoms with E-state index in [1.165, 1.54) is 0 Å². The van der Waals surface area contributed by atoms with E-state index in [9.17, 15) is 0 Å². The molecule has 0 aromatic carbocycles. The minimum atomic E-state index is 0.457. The van der Waals surface area contributed by atoms with Crippen LogP contribution in [0.5, 0.6) is 0 Å². The SMILES string of the molecule is Cc1cccc(-c2nccc(N)n2)n1. The van der Waals surface area contributed by atoms with Crippen molar-refractivity contribution in [2.45, 2.75) is 6.92 Å². The molecule has 2 heterocycles. The molecule has 4 nitrogen and oxygen atoms in total. The lowest BCUT2D eigenvalue weighted by atomic mass is 10.3. The Bertz CT molecular complexity index is 410. The van der Waals surface area contributed by atoms with E-state index in [1.54, 1.807) is 12.3 Å². The number of anilines is 1. The van der Waals surface area contributed by atoms with Crippen LogP contribution in [0.2, 0.25) is 0 Å². The molecule has 0 unspecified atom stereocenters. The van der Waals surface area contributed by atoms with E-state index in [-0.39, 0.29) is 0 Å². The standard InChI is InChI=1S/C10H10N4/c1-7-3-2-4-8(13-7)10-12-6-5-9(11)14-10/h2-6H,1H3,(H2,11,12,14). The van der Waals surface area contributed by atoms with Gasteiger partial charge in [0.2, 0.25) is 0 Å². The molecular weight excluding hydrogens is 176 g/mol. The summed E-state index contributed by atoms with van der Waals surface area (Å²) in [6, 6.07) is 7.36. The Morgan fingerprint density at radius 3 is 2.71 bits per heavy atom. The largest absolute Gasteiger partial charge is 0.384 e. The van der Waals surface area contributed by atoms with Gasteiger partial charge in [0.05, 0.1) is 0 Å². The first-order chi connectivity index (χ1) is 6.75. The maximum absolute atomic E-state index is 5.56. The smallest absolute Gasteiger partial charge is 0.180 e. The number of nitrogens with two attached hydrogens (primary N) is 1. The van der Waals surface area contributed by atoms with Crippen LogP contribution in [0.1, 0.15) is 5.69 Å². The second-order valence-electron chi connectivity index (χ2n) is 2.97. The van der Waals surface area contributed by atoms with E-state index >= 15 is 0 Å². The Balaban J connectivity index is 2.49. The second-order valence-corrected chi connectivity index (χ2v) is 2.97. The quantitative estimate of drug-likeness (QED) is 0.731. The molecule has 4 heteroatoms. The van der Waals surface area contributed by atoms with Crippen molar-refractivity contribution in [1.29, 1.82) is 0 Å². The highest BCUT2D eigenvalue weighted by Crippen LogP contribution is 2.12. The van der Waals surface area contributed by atoms with E-state index in [4.69, 9.17) is 5.73 Å². The number of hydrogen-bond donors (Lipinski definition) is 1. The highest BCUT2D eigenvalue weighted by Gasteiger charge is 2.02. The van der Waals surface area contributed by atoms with Crippen molar-refractivity contribution in [2.24, 2.45) is 0 Å². The first-order valence-electron chi connectivity index (χ1n) is 4.28. The predicted molar refractivity (Wildman–Crippen MR) is 54.4 cm³/mol. The first-order valence-corrected chi connectivity index (χ1v) is 4.28. The first kappa shape index (κ1) is 8.62. The van der Waals surface area contributed by atoms with Crippen LogP contribution >= 0.6 is 0 Å². The fourth-order valence-electron chi connectivity index (χ4n) is 1.16. The number of nitrogens with zero attached hydrogens (tertiary/aromatic N) is 3. The van der Waals surface area contributed by atoms with Gasteiger partial charge in [0.15, 0.2) is 5.82 Å². The third-order valence-electron chi connectivity index (χ3n) is 1.79. The van der Waals surface area contributed by atoms with Gasteiger partial charge in [-0.15, -0.1) is 0 Å². The van der Waals surface area contributed by atoms with E-state index in [2.05, 4.69) is 15.0 Å². The molecule has 0 bridgehead atoms. The van der Waals surface area contributed by atoms with Crippen LogP contribution in [-0.2, 0) is 0 Å². The molecular formula is C10H10N4. The van der Waals surface area contributed by atoms with Crippen LogP contribution in [-0.4, -0.2) is 15.0 Å². The van der Waals surface area contributed by atoms with Crippen LogP contribution in [0, 0.1) is 6.92 Å². The number of pyridine rings is 1. The van der Waals surface area contributed by atoms with Crippen LogP contribution in [0.4, 0.5) is 5.82 Å². The molecule has 0 fully saturated rings. The minimum absolute atomic E-state index is 0.457. The molecule has 0 spiro atoms. The van der Waals surface area contributed by atoms with Crippen molar-refractivity contribution in [2.75, 3.05) is 5.73 Å². The molecule has 0 radical (unpaired) electrons. The lowest BCUT2D eigenvalue weighted by Crippen LogP contribution is -1.96.